The highest BCUT2D eigenvalue weighted by Crippen LogP contribution is 2.36. The Hall–Kier alpha value is -0.160. The van der Waals surface area contributed by atoms with Crippen molar-refractivity contribution in [3.8, 4) is 0 Å². The summed E-state index contributed by atoms with van der Waals surface area (Å²) in [6, 6.07) is 4.75. The number of rotatable bonds is 6. The molecule has 26 heavy (non-hydrogen) atoms. The topological polar surface area (TPSA) is 13.0 Å². The van der Waals surface area contributed by atoms with Gasteiger partial charge in [-0.05, 0) is 85.9 Å². The molecular formula is C22H42N4. The van der Waals surface area contributed by atoms with Crippen molar-refractivity contribution in [3.63, 3.8) is 0 Å². The molecule has 6 atom stereocenters. The summed E-state index contributed by atoms with van der Waals surface area (Å²) in [5.41, 5.74) is 0. The Morgan fingerprint density at radius 1 is 0.731 bits per heavy atom. The molecule has 0 aromatic heterocycles. The van der Waals surface area contributed by atoms with Gasteiger partial charge in [0.25, 0.3) is 0 Å². The highest BCUT2D eigenvalue weighted by atomic mass is 15.3. The van der Waals surface area contributed by atoms with E-state index in [1.165, 1.54) is 64.8 Å². The summed E-state index contributed by atoms with van der Waals surface area (Å²) in [5.74, 6) is 0.936. The zero-order chi connectivity index (χ0) is 18.4. The lowest BCUT2D eigenvalue weighted by atomic mass is 10.0. The predicted octanol–water partition coefficient (Wildman–Crippen LogP) is 2.74. The lowest BCUT2D eigenvalue weighted by molar-refractivity contribution is 0.135. The zero-order valence-electron chi connectivity index (χ0n) is 17.9. The fourth-order valence-electron chi connectivity index (χ4n) is 6.59. The summed E-state index contributed by atoms with van der Waals surface area (Å²) in [4.78, 5) is 11.0. The fourth-order valence-corrected chi connectivity index (χ4v) is 6.59. The van der Waals surface area contributed by atoms with Gasteiger partial charge in [0.15, 0.2) is 0 Å². The number of fused-ring (bicyclic) bond motifs is 2. The first kappa shape index (κ1) is 19.2. The van der Waals surface area contributed by atoms with Gasteiger partial charge >= 0.3 is 0 Å². The Bertz CT molecular complexity index is 481. The summed E-state index contributed by atoms with van der Waals surface area (Å²) in [6.07, 6.45) is 6.95. The summed E-state index contributed by atoms with van der Waals surface area (Å²) >= 11 is 0. The van der Waals surface area contributed by atoms with Gasteiger partial charge in [-0.3, -0.25) is 14.7 Å². The Labute approximate surface area is 161 Å². The van der Waals surface area contributed by atoms with Gasteiger partial charge in [0.05, 0.1) is 0 Å². The minimum atomic E-state index is 0.713. The smallest absolute Gasteiger partial charge is 0.0266 e. The standard InChI is InChI=1S/C22H42N4/c1-16(2)24-14-19-8-12-26(22(19)15-24)18(4)7-6-17(3)25-13-10-20-21(25)9-11-23(20)5/h16-22H,6-15H2,1-5H3. The largest absolute Gasteiger partial charge is 0.302 e. The van der Waals surface area contributed by atoms with Gasteiger partial charge in [0.1, 0.15) is 0 Å². The van der Waals surface area contributed by atoms with Gasteiger partial charge in [-0.1, -0.05) is 0 Å². The zero-order valence-corrected chi connectivity index (χ0v) is 17.9. The number of hydrogen-bond donors (Lipinski definition) is 0. The molecule has 4 saturated heterocycles. The van der Waals surface area contributed by atoms with Crippen molar-refractivity contribution >= 4 is 0 Å². The van der Waals surface area contributed by atoms with E-state index >= 15 is 0 Å². The van der Waals surface area contributed by atoms with Gasteiger partial charge in [-0.15, -0.1) is 0 Å². The Balaban J connectivity index is 1.27. The van der Waals surface area contributed by atoms with Gasteiger partial charge in [-0.25, -0.2) is 0 Å². The fraction of sp³-hybridized carbons (Fsp3) is 1.00. The molecule has 0 spiro atoms. The molecule has 0 aliphatic carbocycles. The first-order valence-corrected chi connectivity index (χ1v) is 11.4. The van der Waals surface area contributed by atoms with Crippen LogP contribution < -0.4 is 0 Å². The average Bonchev–Trinajstić information content (AvgIpc) is 3.33. The van der Waals surface area contributed by atoms with Crippen LogP contribution in [0.4, 0.5) is 0 Å². The van der Waals surface area contributed by atoms with Crippen molar-refractivity contribution in [1.82, 2.24) is 19.6 Å². The van der Waals surface area contributed by atoms with E-state index in [9.17, 15) is 0 Å². The van der Waals surface area contributed by atoms with E-state index in [0.717, 1.165) is 36.1 Å². The Morgan fingerprint density at radius 2 is 1.35 bits per heavy atom. The van der Waals surface area contributed by atoms with Crippen LogP contribution in [-0.2, 0) is 0 Å². The van der Waals surface area contributed by atoms with Gasteiger partial charge in [-0.2, -0.15) is 0 Å². The molecule has 0 saturated carbocycles. The molecule has 4 rings (SSSR count). The highest BCUT2D eigenvalue weighted by molar-refractivity contribution is 5.00. The molecule has 0 bridgehead atoms. The van der Waals surface area contributed by atoms with Crippen molar-refractivity contribution in [2.24, 2.45) is 5.92 Å². The molecule has 4 heterocycles. The summed E-state index contributed by atoms with van der Waals surface area (Å²) in [5, 5.41) is 0. The second-order valence-electron chi connectivity index (χ2n) is 10.1. The minimum absolute atomic E-state index is 0.713. The van der Waals surface area contributed by atoms with Crippen LogP contribution in [-0.4, -0.2) is 95.6 Å². The van der Waals surface area contributed by atoms with Crippen LogP contribution in [0, 0.1) is 5.92 Å². The predicted molar refractivity (Wildman–Crippen MR) is 110 cm³/mol. The number of hydrogen-bond acceptors (Lipinski definition) is 4. The van der Waals surface area contributed by atoms with Crippen molar-refractivity contribution in [3.05, 3.63) is 0 Å². The Morgan fingerprint density at radius 3 is 2.04 bits per heavy atom. The van der Waals surface area contributed by atoms with Crippen LogP contribution in [0.5, 0.6) is 0 Å². The van der Waals surface area contributed by atoms with Crippen molar-refractivity contribution in [2.75, 3.05) is 39.8 Å². The molecule has 0 aromatic rings. The maximum atomic E-state index is 2.87. The minimum Gasteiger partial charge on any atom is -0.302 e. The maximum Gasteiger partial charge on any atom is 0.0266 e. The normalized spacial score (nSPS) is 39.0. The molecule has 0 radical (unpaired) electrons. The number of nitrogens with zero attached hydrogens (tertiary/aromatic N) is 4. The van der Waals surface area contributed by atoms with Gasteiger partial charge in [0, 0.05) is 55.9 Å². The molecule has 4 aliphatic heterocycles. The third kappa shape index (κ3) is 3.47. The molecule has 4 heteroatoms. The van der Waals surface area contributed by atoms with E-state index in [-0.39, 0.29) is 0 Å². The van der Waals surface area contributed by atoms with Crippen molar-refractivity contribution in [1.29, 1.82) is 0 Å². The van der Waals surface area contributed by atoms with E-state index in [1.54, 1.807) is 0 Å². The lowest BCUT2D eigenvalue weighted by Gasteiger charge is -2.34. The van der Waals surface area contributed by atoms with E-state index in [2.05, 4.69) is 54.3 Å². The molecule has 4 nitrogen and oxygen atoms in total. The van der Waals surface area contributed by atoms with Gasteiger partial charge in [0.2, 0.25) is 0 Å². The lowest BCUT2D eigenvalue weighted by Crippen LogP contribution is -2.44. The molecule has 0 amide bonds. The third-order valence-electron chi connectivity index (χ3n) is 8.38. The van der Waals surface area contributed by atoms with Crippen LogP contribution in [0.1, 0.15) is 59.8 Å². The van der Waals surface area contributed by atoms with Crippen LogP contribution in [0.2, 0.25) is 0 Å². The van der Waals surface area contributed by atoms with E-state index in [1.807, 2.05) is 0 Å². The molecule has 4 aliphatic rings. The third-order valence-corrected chi connectivity index (χ3v) is 8.38. The van der Waals surface area contributed by atoms with Crippen molar-refractivity contribution < 1.29 is 0 Å². The maximum absolute atomic E-state index is 2.87. The number of likely N-dealkylation sites (tertiary alicyclic amines) is 4. The Kier molecular flexibility index (Phi) is 5.67. The molecule has 0 N–H and O–H groups in total. The van der Waals surface area contributed by atoms with E-state index < -0.39 is 0 Å². The SMILES string of the molecule is CC(C)N1CC2CCN(C(C)CCC(C)N3CCC4C3CCN4C)C2C1. The van der Waals surface area contributed by atoms with Crippen LogP contribution in [0.3, 0.4) is 0 Å². The molecule has 0 aromatic carbocycles. The average molecular weight is 363 g/mol. The van der Waals surface area contributed by atoms with Crippen LogP contribution in [0.25, 0.3) is 0 Å². The van der Waals surface area contributed by atoms with Crippen LogP contribution >= 0.6 is 0 Å². The monoisotopic (exact) mass is 362 g/mol. The molecular weight excluding hydrogens is 320 g/mol. The quantitative estimate of drug-likeness (QED) is 0.720. The highest BCUT2D eigenvalue weighted by Gasteiger charge is 2.44. The first-order valence-electron chi connectivity index (χ1n) is 11.4. The first-order chi connectivity index (χ1) is 12.5. The molecule has 4 fully saturated rings. The summed E-state index contributed by atoms with van der Waals surface area (Å²) in [7, 11) is 2.33. The molecule has 6 unspecified atom stereocenters. The summed E-state index contributed by atoms with van der Waals surface area (Å²) in [6.45, 7) is 16.3. The molecule has 150 valence electrons. The van der Waals surface area contributed by atoms with E-state index in [4.69, 9.17) is 0 Å². The van der Waals surface area contributed by atoms with E-state index in [0.29, 0.717) is 6.04 Å². The number of likely N-dealkylation sites (N-methyl/N-ethyl adjacent to an activating group) is 1. The summed E-state index contributed by atoms with van der Waals surface area (Å²) < 4.78 is 0. The second-order valence-corrected chi connectivity index (χ2v) is 10.1. The van der Waals surface area contributed by atoms with Crippen LogP contribution in [0.15, 0.2) is 0 Å². The van der Waals surface area contributed by atoms with Gasteiger partial charge < -0.3 is 4.90 Å². The van der Waals surface area contributed by atoms with Crippen molar-refractivity contribution in [2.45, 2.75) is 96.1 Å². The second kappa shape index (κ2) is 7.69.